The molecule has 4 rings (SSSR count). The molecule has 1 atom stereocenters. The van der Waals surface area contributed by atoms with E-state index in [2.05, 4.69) is 27.7 Å². The van der Waals surface area contributed by atoms with Crippen molar-refractivity contribution in [3.63, 3.8) is 0 Å². The standard InChI is InChI=1S/C28H34F2N4O4/c1-18(2)26(35)32-24-6-3-5-20(15-24)19-7-11-33(12-8-19)10-4-9-31-27(36)34-25(17-38-28(34)37)21-13-22(29)16-23(30)14-21/h3,5-6,13-16,18-19,25H,4,7-12,17H2,1-2H3,(H,31,36)(H,32,35). The molecule has 2 heterocycles. The third-order valence-corrected chi connectivity index (χ3v) is 7.03. The smallest absolute Gasteiger partial charge is 0.418 e. The number of urea groups is 1. The molecule has 2 N–H and O–H groups in total. The second-order valence-electron chi connectivity index (χ2n) is 10.1. The van der Waals surface area contributed by atoms with Gasteiger partial charge in [-0.2, -0.15) is 0 Å². The van der Waals surface area contributed by atoms with Crippen molar-refractivity contribution in [1.82, 2.24) is 15.1 Å². The van der Waals surface area contributed by atoms with Crippen LogP contribution in [-0.4, -0.2) is 60.6 Å². The van der Waals surface area contributed by atoms with Crippen LogP contribution in [0.4, 0.5) is 24.1 Å². The molecule has 0 aromatic heterocycles. The Hall–Kier alpha value is -3.53. The molecule has 4 amide bonds. The summed E-state index contributed by atoms with van der Waals surface area (Å²) in [6, 6.07) is 9.45. The summed E-state index contributed by atoms with van der Waals surface area (Å²) in [4.78, 5) is 40.0. The van der Waals surface area contributed by atoms with E-state index >= 15 is 0 Å². The zero-order valence-corrected chi connectivity index (χ0v) is 21.7. The minimum Gasteiger partial charge on any atom is -0.446 e. The molecule has 0 radical (unpaired) electrons. The molecule has 0 spiro atoms. The summed E-state index contributed by atoms with van der Waals surface area (Å²) < 4.78 is 32.2. The van der Waals surface area contributed by atoms with Crippen LogP contribution in [0.5, 0.6) is 0 Å². The van der Waals surface area contributed by atoms with Gasteiger partial charge in [0.25, 0.3) is 0 Å². The van der Waals surface area contributed by atoms with E-state index in [-0.39, 0.29) is 24.0 Å². The van der Waals surface area contributed by atoms with Crippen molar-refractivity contribution in [1.29, 1.82) is 0 Å². The molecule has 0 bridgehead atoms. The van der Waals surface area contributed by atoms with Crippen LogP contribution in [0.2, 0.25) is 0 Å². The molecule has 10 heteroatoms. The molecule has 2 saturated heterocycles. The fourth-order valence-electron chi connectivity index (χ4n) is 4.89. The molecular formula is C28H34F2N4O4. The Morgan fingerprint density at radius 2 is 1.76 bits per heavy atom. The minimum absolute atomic E-state index is 0.00376. The fraction of sp³-hybridized carbons (Fsp3) is 0.464. The van der Waals surface area contributed by atoms with Gasteiger partial charge >= 0.3 is 12.1 Å². The van der Waals surface area contributed by atoms with Crippen LogP contribution in [0.25, 0.3) is 0 Å². The fourth-order valence-corrected chi connectivity index (χ4v) is 4.89. The largest absolute Gasteiger partial charge is 0.446 e. The number of cyclic esters (lactones) is 1. The number of nitrogens with one attached hydrogen (secondary N) is 2. The number of carbonyl (C=O) groups is 3. The Balaban J connectivity index is 1.21. The van der Waals surface area contributed by atoms with Gasteiger partial charge in [0.15, 0.2) is 0 Å². The summed E-state index contributed by atoms with van der Waals surface area (Å²) in [5.74, 6) is -1.21. The van der Waals surface area contributed by atoms with E-state index < -0.39 is 29.8 Å². The summed E-state index contributed by atoms with van der Waals surface area (Å²) in [6.07, 6.45) is 1.85. The number of hydrogen-bond acceptors (Lipinski definition) is 5. The number of piperidine rings is 1. The zero-order chi connectivity index (χ0) is 27.2. The van der Waals surface area contributed by atoms with Gasteiger partial charge in [-0.15, -0.1) is 0 Å². The first-order valence-corrected chi connectivity index (χ1v) is 13.0. The van der Waals surface area contributed by atoms with Crippen molar-refractivity contribution in [2.75, 3.05) is 38.1 Å². The maximum Gasteiger partial charge on any atom is 0.418 e. The number of carbonyl (C=O) groups excluding carboxylic acids is 3. The number of anilines is 1. The number of ether oxygens (including phenoxy) is 1. The Labute approximate surface area is 221 Å². The maximum absolute atomic E-state index is 13.6. The van der Waals surface area contributed by atoms with Gasteiger partial charge < -0.3 is 20.3 Å². The van der Waals surface area contributed by atoms with Gasteiger partial charge in [-0.25, -0.2) is 23.3 Å². The first-order chi connectivity index (χ1) is 18.2. The second-order valence-corrected chi connectivity index (χ2v) is 10.1. The number of nitrogens with zero attached hydrogens (tertiary/aromatic N) is 2. The molecule has 2 fully saturated rings. The molecular weight excluding hydrogens is 494 g/mol. The van der Waals surface area contributed by atoms with Gasteiger partial charge in [0, 0.05) is 24.2 Å². The number of likely N-dealkylation sites (tertiary alicyclic amines) is 1. The van der Waals surface area contributed by atoms with Gasteiger partial charge in [0.1, 0.15) is 24.3 Å². The highest BCUT2D eigenvalue weighted by molar-refractivity contribution is 5.93. The molecule has 204 valence electrons. The summed E-state index contributed by atoms with van der Waals surface area (Å²) in [6.45, 7) is 6.57. The average molecular weight is 529 g/mol. The van der Waals surface area contributed by atoms with E-state index in [1.807, 2.05) is 26.0 Å². The summed E-state index contributed by atoms with van der Waals surface area (Å²) in [5.41, 5.74) is 2.22. The summed E-state index contributed by atoms with van der Waals surface area (Å²) in [5, 5.41) is 5.69. The van der Waals surface area contributed by atoms with Crippen molar-refractivity contribution < 1.29 is 27.9 Å². The normalized spacial score (nSPS) is 18.5. The van der Waals surface area contributed by atoms with E-state index in [4.69, 9.17) is 4.74 Å². The number of imide groups is 1. The predicted octanol–water partition coefficient (Wildman–Crippen LogP) is 5.03. The summed E-state index contributed by atoms with van der Waals surface area (Å²) >= 11 is 0. The third-order valence-electron chi connectivity index (χ3n) is 7.03. The topological polar surface area (TPSA) is 91.0 Å². The van der Waals surface area contributed by atoms with Crippen molar-refractivity contribution in [2.24, 2.45) is 5.92 Å². The maximum atomic E-state index is 13.6. The molecule has 2 aliphatic heterocycles. The number of benzene rings is 2. The van der Waals surface area contributed by atoms with Gasteiger partial charge in [-0.3, -0.25) is 4.79 Å². The van der Waals surface area contributed by atoms with Crippen LogP contribution in [0.15, 0.2) is 42.5 Å². The SMILES string of the molecule is CC(C)C(=O)Nc1cccc(C2CCN(CCCNC(=O)N3C(=O)OCC3c3cc(F)cc(F)c3)CC2)c1. The zero-order valence-electron chi connectivity index (χ0n) is 21.7. The van der Waals surface area contributed by atoms with E-state index in [9.17, 15) is 23.2 Å². The number of halogens is 2. The Kier molecular flexibility index (Phi) is 8.93. The van der Waals surface area contributed by atoms with E-state index in [1.54, 1.807) is 0 Å². The van der Waals surface area contributed by atoms with Crippen LogP contribution >= 0.6 is 0 Å². The lowest BCUT2D eigenvalue weighted by molar-refractivity contribution is -0.118. The van der Waals surface area contributed by atoms with Crippen molar-refractivity contribution in [3.05, 3.63) is 65.2 Å². The van der Waals surface area contributed by atoms with E-state index in [1.165, 1.54) is 5.56 Å². The molecule has 1 unspecified atom stereocenters. The number of amides is 4. The minimum atomic E-state index is -0.885. The molecule has 0 saturated carbocycles. The van der Waals surface area contributed by atoms with Gasteiger partial charge in [0.2, 0.25) is 5.91 Å². The first-order valence-electron chi connectivity index (χ1n) is 13.0. The highest BCUT2D eigenvalue weighted by Gasteiger charge is 2.39. The van der Waals surface area contributed by atoms with E-state index in [0.29, 0.717) is 18.9 Å². The van der Waals surface area contributed by atoms with E-state index in [0.717, 1.165) is 61.3 Å². The van der Waals surface area contributed by atoms with Crippen LogP contribution in [-0.2, 0) is 9.53 Å². The average Bonchev–Trinajstić information content (AvgIpc) is 3.28. The van der Waals surface area contributed by atoms with Gasteiger partial charge in [-0.1, -0.05) is 26.0 Å². The molecule has 0 aliphatic carbocycles. The van der Waals surface area contributed by atoms with Crippen LogP contribution in [0.1, 0.15) is 56.2 Å². The molecule has 2 aliphatic rings. The molecule has 8 nitrogen and oxygen atoms in total. The molecule has 2 aromatic rings. The predicted molar refractivity (Wildman–Crippen MR) is 139 cm³/mol. The lowest BCUT2D eigenvalue weighted by Gasteiger charge is -2.32. The highest BCUT2D eigenvalue weighted by Crippen LogP contribution is 2.30. The van der Waals surface area contributed by atoms with Crippen LogP contribution in [0.3, 0.4) is 0 Å². The van der Waals surface area contributed by atoms with Crippen LogP contribution in [0, 0.1) is 17.6 Å². The molecule has 38 heavy (non-hydrogen) atoms. The lowest BCUT2D eigenvalue weighted by atomic mass is 9.89. The monoisotopic (exact) mass is 528 g/mol. The quantitative estimate of drug-likeness (QED) is 0.469. The van der Waals surface area contributed by atoms with Crippen LogP contribution < -0.4 is 10.6 Å². The lowest BCUT2D eigenvalue weighted by Crippen LogP contribution is -2.43. The van der Waals surface area contributed by atoms with Crippen molar-refractivity contribution in [3.8, 4) is 0 Å². The Morgan fingerprint density at radius 3 is 2.45 bits per heavy atom. The van der Waals surface area contributed by atoms with Crippen molar-refractivity contribution in [2.45, 2.75) is 45.1 Å². The Morgan fingerprint density at radius 1 is 1.05 bits per heavy atom. The number of rotatable bonds is 8. The van der Waals surface area contributed by atoms with Crippen molar-refractivity contribution >= 4 is 23.7 Å². The molecule has 2 aromatic carbocycles. The Bertz CT molecular complexity index is 1150. The summed E-state index contributed by atoms with van der Waals surface area (Å²) in [7, 11) is 0. The first kappa shape index (κ1) is 27.5. The third kappa shape index (κ3) is 6.86. The van der Waals surface area contributed by atoms with Gasteiger partial charge in [-0.05, 0) is 80.2 Å². The second kappa shape index (κ2) is 12.3. The number of hydrogen-bond donors (Lipinski definition) is 2. The van der Waals surface area contributed by atoms with Gasteiger partial charge in [0.05, 0.1) is 0 Å². The highest BCUT2D eigenvalue weighted by atomic mass is 19.1.